The van der Waals surface area contributed by atoms with E-state index in [4.69, 9.17) is 17.0 Å². The highest BCUT2D eigenvalue weighted by Crippen LogP contribution is 2.28. The smallest absolute Gasteiger partial charge is 0.296 e. The molecule has 2 N–H and O–H groups in total. The first-order valence-electron chi connectivity index (χ1n) is 7.01. The number of rotatable bonds is 5. The third-order valence-electron chi connectivity index (χ3n) is 3.22. The Hall–Kier alpha value is -3.60. The van der Waals surface area contributed by atoms with Crippen LogP contribution < -0.4 is 15.4 Å². The molecule has 0 unspecified atom stereocenters. The van der Waals surface area contributed by atoms with Crippen molar-refractivity contribution in [2.24, 2.45) is 0 Å². The molecule has 11 heteroatoms. The Morgan fingerprint density at radius 2 is 1.73 bits per heavy atom. The lowest BCUT2D eigenvalue weighted by Gasteiger charge is -2.10. The van der Waals surface area contributed by atoms with Crippen LogP contribution in [0.15, 0.2) is 42.5 Å². The standard InChI is InChI=1S/C15H12N4O6S/c1-25-11-6-7-12(13(8-11)19(23)24)16-15(26)17-14(20)9-2-4-10(5-3-9)18(21)22/h2-8H,1H3,(H2,16,17,20,26). The fourth-order valence-electron chi connectivity index (χ4n) is 1.96. The van der Waals surface area contributed by atoms with Crippen molar-refractivity contribution in [3.05, 3.63) is 68.3 Å². The van der Waals surface area contributed by atoms with Crippen LogP contribution in [0.4, 0.5) is 17.1 Å². The number of nitrogens with zero attached hydrogens (tertiary/aromatic N) is 2. The molecule has 0 fully saturated rings. The van der Waals surface area contributed by atoms with E-state index in [9.17, 15) is 25.0 Å². The van der Waals surface area contributed by atoms with Crippen molar-refractivity contribution < 1.29 is 19.4 Å². The van der Waals surface area contributed by atoms with Crippen molar-refractivity contribution in [3.8, 4) is 5.75 Å². The molecule has 26 heavy (non-hydrogen) atoms. The van der Waals surface area contributed by atoms with Crippen LogP contribution in [0.3, 0.4) is 0 Å². The minimum absolute atomic E-state index is 0.0739. The highest BCUT2D eigenvalue weighted by Gasteiger charge is 2.17. The lowest BCUT2D eigenvalue weighted by molar-refractivity contribution is -0.384. The van der Waals surface area contributed by atoms with Gasteiger partial charge >= 0.3 is 0 Å². The number of carbonyl (C=O) groups is 1. The van der Waals surface area contributed by atoms with Gasteiger partial charge in [-0.3, -0.25) is 30.3 Å². The molecule has 0 spiro atoms. The van der Waals surface area contributed by atoms with E-state index in [1.165, 1.54) is 49.6 Å². The number of nitro benzene ring substituents is 2. The Morgan fingerprint density at radius 3 is 2.27 bits per heavy atom. The number of ether oxygens (including phenoxy) is 1. The molecule has 0 aliphatic carbocycles. The van der Waals surface area contributed by atoms with Gasteiger partial charge in [-0.15, -0.1) is 0 Å². The van der Waals surface area contributed by atoms with Crippen molar-refractivity contribution >= 4 is 40.3 Å². The molecule has 10 nitrogen and oxygen atoms in total. The zero-order valence-corrected chi connectivity index (χ0v) is 14.1. The quantitative estimate of drug-likeness (QED) is 0.461. The largest absolute Gasteiger partial charge is 0.496 e. The summed E-state index contributed by atoms with van der Waals surface area (Å²) < 4.78 is 4.93. The summed E-state index contributed by atoms with van der Waals surface area (Å²) in [5, 5.41) is 26.5. The van der Waals surface area contributed by atoms with Crippen LogP contribution in [0.25, 0.3) is 0 Å². The number of nitrogens with one attached hydrogen (secondary N) is 2. The minimum Gasteiger partial charge on any atom is -0.496 e. The molecular weight excluding hydrogens is 364 g/mol. The van der Waals surface area contributed by atoms with Gasteiger partial charge in [0.2, 0.25) is 0 Å². The number of methoxy groups -OCH3 is 1. The zero-order chi connectivity index (χ0) is 19.3. The molecule has 2 rings (SSSR count). The average molecular weight is 376 g/mol. The summed E-state index contributed by atoms with van der Waals surface area (Å²) in [4.78, 5) is 32.6. The maximum Gasteiger partial charge on any atom is 0.296 e. The lowest BCUT2D eigenvalue weighted by atomic mass is 10.2. The molecule has 0 saturated heterocycles. The van der Waals surface area contributed by atoms with Crippen molar-refractivity contribution in [2.45, 2.75) is 0 Å². The van der Waals surface area contributed by atoms with Gasteiger partial charge in [-0.05, 0) is 36.5 Å². The molecule has 0 aliphatic rings. The van der Waals surface area contributed by atoms with E-state index in [1.807, 2.05) is 0 Å². The van der Waals surface area contributed by atoms with Gasteiger partial charge in [0, 0.05) is 17.7 Å². The lowest BCUT2D eigenvalue weighted by Crippen LogP contribution is -2.34. The summed E-state index contributed by atoms with van der Waals surface area (Å²) in [5.41, 5.74) is -0.221. The molecule has 0 aliphatic heterocycles. The van der Waals surface area contributed by atoms with E-state index in [1.54, 1.807) is 0 Å². The van der Waals surface area contributed by atoms with Gasteiger partial charge in [0.05, 0.1) is 23.0 Å². The van der Waals surface area contributed by atoms with Gasteiger partial charge in [-0.25, -0.2) is 0 Å². The number of amides is 1. The Kier molecular flexibility index (Phi) is 5.75. The SMILES string of the molecule is COc1ccc(NC(=S)NC(=O)c2ccc([N+](=O)[O-])cc2)c([N+](=O)[O-])c1. The fraction of sp³-hybridized carbons (Fsp3) is 0.0667. The van der Waals surface area contributed by atoms with Gasteiger partial charge < -0.3 is 10.1 Å². The first-order chi connectivity index (χ1) is 12.3. The third-order valence-corrected chi connectivity index (χ3v) is 3.42. The molecule has 0 aromatic heterocycles. The zero-order valence-electron chi connectivity index (χ0n) is 13.3. The second-order valence-electron chi connectivity index (χ2n) is 4.85. The summed E-state index contributed by atoms with van der Waals surface area (Å²) in [6.45, 7) is 0. The average Bonchev–Trinajstić information content (AvgIpc) is 2.61. The number of carbonyl (C=O) groups excluding carboxylic acids is 1. The Morgan fingerprint density at radius 1 is 1.08 bits per heavy atom. The number of non-ortho nitro benzene ring substituents is 1. The Balaban J connectivity index is 2.09. The molecule has 2 aromatic carbocycles. The van der Waals surface area contributed by atoms with E-state index < -0.39 is 15.8 Å². The number of hydrogen-bond acceptors (Lipinski definition) is 7. The van der Waals surface area contributed by atoms with Crippen LogP contribution in [-0.2, 0) is 0 Å². The molecule has 0 heterocycles. The molecule has 2 aromatic rings. The van der Waals surface area contributed by atoms with Gasteiger partial charge in [0.1, 0.15) is 11.4 Å². The maximum atomic E-state index is 12.1. The third kappa shape index (κ3) is 4.48. The predicted octanol–water partition coefficient (Wildman–Crippen LogP) is 2.64. The molecule has 0 saturated carbocycles. The normalized spacial score (nSPS) is 9.88. The molecule has 134 valence electrons. The summed E-state index contributed by atoms with van der Waals surface area (Å²) in [5.74, 6) is -0.323. The van der Waals surface area contributed by atoms with Crippen molar-refractivity contribution in [3.63, 3.8) is 0 Å². The molecule has 0 radical (unpaired) electrons. The topological polar surface area (TPSA) is 137 Å². The Bertz CT molecular complexity index is 884. The second-order valence-corrected chi connectivity index (χ2v) is 5.26. The van der Waals surface area contributed by atoms with Gasteiger partial charge in [0.25, 0.3) is 17.3 Å². The van der Waals surface area contributed by atoms with Crippen LogP contribution in [-0.4, -0.2) is 28.0 Å². The van der Waals surface area contributed by atoms with Gasteiger partial charge in [-0.2, -0.15) is 0 Å². The summed E-state index contributed by atoms with van der Waals surface area (Å²) in [7, 11) is 1.38. The van der Waals surface area contributed by atoms with Gasteiger partial charge in [0.15, 0.2) is 5.11 Å². The van der Waals surface area contributed by atoms with E-state index in [-0.39, 0.29) is 27.7 Å². The van der Waals surface area contributed by atoms with E-state index in [0.29, 0.717) is 5.75 Å². The Labute approximate surface area is 152 Å². The van der Waals surface area contributed by atoms with Crippen LogP contribution in [0, 0.1) is 20.2 Å². The molecule has 0 bridgehead atoms. The summed E-state index contributed by atoms with van der Waals surface area (Å²) in [6, 6.07) is 9.00. The van der Waals surface area contributed by atoms with Crippen molar-refractivity contribution in [1.82, 2.24) is 5.32 Å². The molecule has 1 amide bonds. The number of nitro groups is 2. The van der Waals surface area contributed by atoms with E-state index in [2.05, 4.69) is 10.6 Å². The predicted molar refractivity (Wildman–Crippen MR) is 96.4 cm³/mol. The van der Waals surface area contributed by atoms with Crippen LogP contribution in [0.2, 0.25) is 0 Å². The highest BCUT2D eigenvalue weighted by molar-refractivity contribution is 7.80. The van der Waals surface area contributed by atoms with Crippen molar-refractivity contribution in [2.75, 3.05) is 12.4 Å². The summed E-state index contributed by atoms with van der Waals surface area (Å²) >= 11 is 4.98. The van der Waals surface area contributed by atoms with E-state index in [0.717, 1.165) is 0 Å². The maximum absolute atomic E-state index is 12.1. The summed E-state index contributed by atoms with van der Waals surface area (Å²) in [6.07, 6.45) is 0. The highest BCUT2D eigenvalue weighted by atomic mass is 32.1. The van der Waals surface area contributed by atoms with Crippen LogP contribution >= 0.6 is 12.2 Å². The number of anilines is 1. The van der Waals surface area contributed by atoms with Crippen LogP contribution in [0.5, 0.6) is 5.75 Å². The van der Waals surface area contributed by atoms with E-state index >= 15 is 0 Å². The molecule has 0 atom stereocenters. The van der Waals surface area contributed by atoms with Gasteiger partial charge in [-0.1, -0.05) is 0 Å². The number of hydrogen-bond donors (Lipinski definition) is 2. The first kappa shape index (κ1) is 18.7. The number of thiocarbonyl (C=S) groups is 1. The molecular formula is C15H12N4O6S. The first-order valence-corrected chi connectivity index (χ1v) is 7.42. The number of benzene rings is 2. The van der Waals surface area contributed by atoms with Crippen molar-refractivity contribution in [1.29, 1.82) is 0 Å². The fourth-order valence-corrected chi connectivity index (χ4v) is 2.16. The monoisotopic (exact) mass is 376 g/mol. The second kappa shape index (κ2) is 7.98. The van der Waals surface area contributed by atoms with Crippen LogP contribution in [0.1, 0.15) is 10.4 Å². The minimum atomic E-state index is -0.619.